The highest BCUT2D eigenvalue weighted by Gasteiger charge is 2.51. The van der Waals surface area contributed by atoms with Crippen molar-refractivity contribution in [2.24, 2.45) is 23.7 Å². The van der Waals surface area contributed by atoms with E-state index < -0.39 is 17.8 Å². The molecule has 0 spiro atoms. The Kier molecular flexibility index (Phi) is 3.55. The van der Waals surface area contributed by atoms with Crippen LogP contribution in [0.3, 0.4) is 0 Å². The standard InChI is InChI=1S/C18H21NO3/c1-9-6-10(2)16(11(3)7-9)19-17(20)14-12-4-5-13(8-12)15(14)18(21)22/h4-7,12-15H,8H2,1-3H3,(H,19,20)(H,21,22). The number of fused-ring (bicyclic) bond motifs is 2. The van der Waals surface area contributed by atoms with Crippen LogP contribution in [0.4, 0.5) is 5.69 Å². The van der Waals surface area contributed by atoms with E-state index in [4.69, 9.17) is 0 Å². The molecule has 2 bridgehead atoms. The molecule has 0 saturated heterocycles. The molecule has 4 atom stereocenters. The number of hydrogen-bond acceptors (Lipinski definition) is 2. The molecule has 2 aliphatic carbocycles. The van der Waals surface area contributed by atoms with E-state index in [1.54, 1.807) is 0 Å². The molecule has 0 radical (unpaired) electrons. The second kappa shape index (κ2) is 5.27. The number of rotatable bonds is 3. The Morgan fingerprint density at radius 1 is 1.05 bits per heavy atom. The summed E-state index contributed by atoms with van der Waals surface area (Å²) in [5.74, 6) is -2.04. The Morgan fingerprint density at radius 3 is 2.14 bits per heavy atom. The highest BCUT2D eigenvalue weighted by molar-refractivity contribution is 5.97. The number of amides is 1. The molecule has 0 aliphatic heterocycles. The van der Waals surface area contributed by atoms with Gasteiger partial charge in [-0.1, -0.05) is 29.8 Å². The number of carboxylic acid groups (broad SMARTS) is 1. The minimum absolute atomic E-state index is 0.00142. The Balaban J connectivity index is 1.86. The predicted molar refractivity (Wildman–Crippen MR) is 84.6 cm³/mol. The predicted octanol–water partition coefficient (Wildman–Crippen LogP) is 3.07. The second-order valence-electron chi connectivity index (χ2n) is 6.60. The number of nitrogens with one attached hydrogen (secondary N) is 1. The van der Waals surface area contributed by atoms with Crippen molar-refractivity contribution in [2.75, 3.05) is 5.32 Å². The van der Waals surface area contributed by atoms with Crippen molar-refractivity contribution < 1.29 is 14.7 Å². The Morgan fingerprint density at radius 2 is 1.59 bits per heavy atom. The molecule has 4 heteroatoms. The first-order valence-corrected chi connectivity index (χ1v) is 7.68. The van der Waals surface area contributed by atoms with Gasteiger partial charge in [-0.15, -0.1) is 0 Å². The first kappa shape index (κ1) is 14.8. The Bertz CT molecular complexity index is 654. The molecular weight excluding hydrogens is 278 g/mol. The summed E-state index contributed by atoms with van der Waals surface area (Å²) in [7, 11) is 0. The normalized spacial score (nSPS) is 28.9. The number of anilines is 1. The third kappa shape index (κ3) is 2.32. The van der Waals surface area contributed by atoms with Crippen LogP contribution < -0.4 is 5.32 Å². The maximum absolute atomic E-state index is 12.7. The fourth-order valence-electron chi connectivity index (χ4n) is 4.10. The van der Waals surface area contributed by atoms with Gasteiger partial charge in [-0.25, -0.2) is 0 Å². The molecule has 0 aromatic heterocycles. The van der Waals surface area contributed by atoms with E-state index >= 15 is 0 Å². The van der Waals surface area contributed by atoms with Crippen LogP contribution in [0, 0.1) is 44.4 Å². The van der Waals surface area contributed by atoms with Crippen molar-refractivity contribution in [1.29, 1.82) is 0 Å². The Labute approximate surface area is 130 Å². The van der Waals surface area contributed by atoms with E-state index in [-0.39, 0.29) is 17.7 Å². The lowest BCUT2D eigenvalue weighted by atomic mass is 9.82. The molecule has 1 aromatic rings. The molecule has 4 nitrogen and oxygen atoms in total. The van der Waals surface area contributed by atoms with E-state index in [9.17, 15) is 14.7 Å². The Hall–Kier alpha value is -2.10. The van der Waals surface area contributed by atoms with Crippen molar-refractivity contribution in [3.63, 3.8) is 0 Å². The number of aliphatic carboxylic acids is 1. The van der Waals surface area contributed by atoms with Gasteiger partial charge in [0.05, 0.1) is 11.8 Å². The fourth-order valence-corrected chi connectivity index (χ4v) is 4.10. The van der Waals surface area contributed by atoms with Gasteiger partial charge in [-0.3, -0.25) is 9.59 Å². The van der Waals surface area contributed by atoms with Crippen molar-refractivity contribution in [1.82, 2.24) is 0 Å². The summed E-state index contributed by atoms with van der Waals surface area (Å²) in [5, 5.41) is 12.4. The van der Waals surface area contributed by atoms with Crippen LogP contribution in [-0.2, 0) is 9.59 Å². The van der Waals surface area contributed by atoms with Gasteiger partial charge in [0.1, 0.15) is 0 Å². The van der Waals surface area contributed by atoms with E-state index in [0.717, 1.165) is 28.8 Å². The number of hydrogen-bond donors (Lipinski definition) is 2. The van der Waals surface area contributed by atoms with Gasteiger partial charge >= 0.3 is 5.97 Å². The van der Waals surface area contributed by atoms with E-state index in [2.05, 4.69) is 5.32 Å². The van der Waals surface area contributed by atoms with Crippen LogP contribution in [0.15, 0.2) is 24.3 Å². The van der Waals surface area contributed by atoms with Gasteiger partial charge in [0, 0.05) is 5.69 Å². The summed E-state index contributed by atoms with van der Waals surface area (Å²) >= 11 is 0. The van der Waals surface area contributed by atoms with E-state index in [0.29, 0.717) is 0 Å². The van der Waals surface area contributed by atoms with Crippen molar-refractivity contribution >= 4 is 17.6 Å². The number of carbonyl (C=O) groups excluding carboxylic acids is 1. The summed E-state index contributed by atoms with van der Waals surface area (Å²) in [6.07, 6.45) is 4.74. The summed E-state index contributed by atoms with van der Waals surface area (Å²) in [4.78, 5) is 24.2. The van der Waals surface area contributed by atoms with Crippen LogP contribution in [0.25, 0.3) is 0 Å². The number of benzene rings is 1. The van der Waals surface area contributed by atoms with Crippen LogP contribution >= 0.6 is 0 Å². The average Bonchev–Trinajstić information content (AvgIpc) is 3.02. The highest BCUT2D eigenvalue weighted by atomic mass is 16.4. The number of allylic oxidation sites excluding steroid dienone is 2. The zero-order valence-corrected chi connectivity index (χ0v) is 13.1. The number of aryl methyl sites for hydroxylation is 3. The summed E-state index contributed by atoms with van der Waals surface area (Å²) in [5.41, 5.74) is 3.98. The summed E-state index contributed by atoms with van der Waals surface area (Å²) in [6, 6.07) is 4.05. The zero-order chi connectivity index (χ0) is 16.0. The maximum atomic E-state index is 12.7. The topological polar surface area (TPSA) is 66.4 Å². The lowest BCUT2D eigenvalue weighted by Crippen LogP contribution is -2.36. The van der Waals surface area contributed by atoms with Crippen LogP contribution in [-0.4, -0.2) is 17.0 Å². The van der Waals surface area contributed by atoms with Crippen molar-refractivity contribution in [3.05, 3.63) is 41.0 Å². The van der Waals surface area contributed by atoms with Crippen molar-refractivity contribution in [2.45, 2.75) is 27.2 Å². The van der Waals surface area contributed by atoms with E-state index in [1.165, 1.54) is 0 Å². The van der Waals surface area contributed by atoms with Gasteiger partial charge in [-0.05, 0) is 50.2 Å². The fraction of sp³-hybridized carbons (Fsp3) is 0.444. The van der Waals surface area contributed by atoms with Gasteiger partial charge in [0.15, 0.2) is 0 Å². The average molecular weight is 299 g/mol. The van der Waals surface area contributed by atoms with E-state index in [1.807, 2.05) is 45.1 Å². The smallest absolute Gasteiger partial charge is 0.307 e. The zero-order valence-electron chi connectivity index (χ0n) is 13.1. The van der Waals surface area contributed by atoms with Gasteiger partial charge in [0.25, 0.3) is 0 Å². The summed E-state index contributed by atoms with van der Waals surface area (Å²) in [6.45, 7) is 5.95. The molecule has 22 heavy (non-hydrogen) atoms. The molecule has 1 aromatic carbocycles. The third-order valence-electron chi connectivity index (χ3n) is 4.97. The molecule has 1 amide bonds. The molecule has 2 N–H and O–H groups in total. The lowest BCUT2D eigenvalue weighted by Gasteiger charge is -2.24. The van der Waals surface area contributed by atoms with Crippen molar-refractivity contribution in [3.8, 4) is 0 Å². The molecule has 116 valence electrons. The number of carbonyl (C=O) groups is 2. The largest absolute Gasteiger partial charge is 0.481 e. The third-order valence-corrected chi connectivity index (χ3v) is 4.97. The number of carboxylic acids is 1. The minimum atomic E-state index is -0.866. The van der Waals surface area contributed by atoms with Gasteiger partial charge < -0.3 is 10.4 Å². The van der Waals surface area contributed by atoms with Gasteiger partial charge in [0.2, 0.25) is 5.91 Å². The molecular formula is C18H21NO3. The molecule has 3 rings (SSSR count). The van der Waals surface area contributed by atoms with Crippen LogP contribution in [0.2, 0.25) is 0 Å². The highest BCUT2D eigenvalue weighted by Crippen LogP contribution is 2.48. The maximum Gasteiger partial charge on any atom is 0.307 e. The molecule has 2 aliphatic rings. The molecule has 1 saturated carbocycles. The molecule has 0 heterocycles. The van der Waals surface area contributed by atoms with Crippen LogP contribution in [0.5, 0.6) is 0 Å². The molecule has 1 fully saturated rings. The first-order valence-electron chi connectivity index (χ1n) is 7.68. The second-order valence-corrected chi connectivity index (χ2v) is 6.60. The summed E-state index contributed by atoms with van der Waals surface area (Å²) < 4.78 is 0. The lowest BCUT2D eigenvalue weighted by molar-refractivity contribution is -0.146. The monoisotopic (exact) mass is 299 g/mol. The van der Waals surface area contributed by atoms with Gasteiger partial charge in [-0.2, -0.15) is 0 Å². The minimum Gasteiger partial charge on any atom is -0.481 e. The van der Waals surface area contributed by atoms with Crippen LogP contribution in [0.1, 0.15) is 23.1 Å². The quantitative estimate of drug-likeness (QED) is 0.843. The molecule has 4 unspecified atom stereocenters. The first-order chi connectivity index (χ1) is 10.4. The SMILES string of the molecule is Cc1cc(C)c(NC(=O)C2C3C=CC(C3)C2C(=O)O)c(C)c1.